The topological polar surface area (TPSA) is 61.3 Å². The predicted octanol–water partition coefficient (Wildman–Crippen LogP) is 4.91. The lowest BCUT2D eigenvalue weighted by Crippen LogP contribution is -1.98. The Morgan fingerprint density at radius 3 is 2.41 bits per heavy atom. The number of ether oxygens (including phenoxy) is 2. The van der Waals surface area contributed by atoms with E-state index in [1.165, 1.54) is 7.11 Å². The first-order chi connectivity index (χ1) is 13.3. The van der Waals surface area contributed by atoms with Crippen molar-refractivity contribution in [3.05, 3.63) is 78.4 Å². The zero-order valence-electron chi connectivity index (χ0n) is 14.6. The number of carbonyl (C=O) groups excluding carboxylic acids is 1. The van der Waals surface area contributed by atoms with Gasteiger partial charge in [-0.15, -0.1) is 0 Å². The van der Waals surface area contributed by atoms with E-state index >= 15 is 0 Å². The van der Waals surface area contributed by atoms with Gasteiger partial charge in [-0.3, -0.25) is 4.79 Å². The summed E-state index contributed by atoms with van der Waals surface area (Å²) in [5.41, 5.74) is 2.19. The lowest BCUT2D eigenvalue weighted by Gasteiger charge is -2.13. The summed E-state index contributed by atoms with van der Waals surface area (Å²) in [6, 6.07) is 22.4. The van der Waals surface area contributed by atoms with Crippen molar-refractivity contribution < 1.29 is 14.3 Å². The fraction of sp³-hybridized carbons (Fsp3) is 0.0455. The minimum absolute atomic E-state index is 0.427. The molecule has 1 heterocycles. The number of aldehydes is 1. The highest BCUT2D eigenvalue weighted by Crippen LogP contribution is 2.35. The highest BCUT2D eigenvalue weighted by molar-refractivity contribution is 5.85. The summed E-state index contributed by atoms with van der Waals surface area (Å²) >= 11 is 0. The summed E-state index contributed by atoms with van der Waals surface area (Å²) in [6.45, 7) is 0. The van der Waals surface area contributed by atoms with Crippen LogP contribution in [-0.4, -0.2) is 23.4 Å². The van der Waals surface area contributed by atoms with Crippen molar-refractivity contribution in [2.24, 2.45) is 0 Å². The molecule has 0 aliphatic rings. The van der Waals surface area contributed by atoms with Gasteiger partial charge < -0.3 is 9.47 Å². The Morgan fingerprint density at radius 1 is 0.852 bits per heavy atom. The first-order valence-electron chi connectivity index (χ1n) is 8.42. The zero-order chi connectivity index (χ0) is 18.6. The second-order valence-electron chi connectivity index (χ2n) is 5.87. The van der Waals surface area contributed by atoms with Crippen molar-refractivity contribution in [1.29, 1.82) is 0 Å². The van der Waals surface area contributed by atoms with Crippen molar-refractivity contribution in [2.75, 3.05) is 7.11 Å². The molecule has 0 spiro atoms. The summed E-state index contributed by atoms with van der Waals surface area (Å²) in [4.78, 5) is 20.3. The Labute approximate surface area is 156 Å². The van der Waals surface area contributed by atoms with Crippen LogP contribution in [0.1, 0.15) is 10.4 Å². The summed E-state index contributed by atoms with van der Waals surface area (Å²) in [6.07, 6.45) is 0.764. The molecule has 0 aliphatic carbocycles. The Bertz CT molecular complexity index is 1110. The van der Waals surface area contributed by atoms with E-state index in [9.17, 15) is 4.79 Å². The highest BCUT2D eigenvalue weighted by atomic mass is 16.5. The number of hydrogen-bond acceptors (Lipinski definition) is 5. The van der Waals surface area contributed by atoms with E-state index in [1.54, 1.807) is 18.2 Å². The molecule has 27 heavy (non-hydrogen) atoms. The van der Waals surface area contributed by atoms with Crippen LogP contribution in [0.15, 0.2) is 72.8 Å². The van der Waals surface area contributed by atoms with Gasteiger partial charge in [0, 0.05) is 11.1 Å². The molecule has 5 heteroatoms. The Kier molecular flexibility index (Phi) is 4.49. The molecular formula is C22H16N2O3. The molecule has 0 amide bonds. The van der Waals surface area contributed by atoms with Crippen molar-refractivity contribution in [2.45, 2.75) is 0 Å². The van der Waals surface area contributed by atoms with E-state index in [-0.39, 0.29) is 0 Å². The van der Waals surface area contributed by atoms with Crippen LogP contribution in [-0.2, 0) is 0 Å². The predicted molar refractivity (Wildman–Crippen MR) is 103 cm³/mol. The number of benzene rings is 3. The third kappa shape index (κ3) is 3.35. The van der Waals surface area contributed by atoms with Crippen LogP contribution in [0.3, 0.4) is 0 Å². The first kappa shape index (κ1) is 16.7. The fourth-order valence-corrected chi connectivity index (χ4v) is 2.79. The van der Waals surface area contributed by atoms with Crippen LogP contribution < -0.4 is 9.47 Å². The molecule has 4 aromatic rings. The minimum atomic E-state index is 0.427. The Morgan fingerprint density at radius 2 is 1.63 bits per heavy atom. The molecule has 0 unspecified atom stereocenters. The maximum absolute atomic E-state index is 11.0. The summed E-state index contributed by atoms with van der Waals surface area (Å²) in [7, 11) is 1.53. The van der Waals surface area contributed by atoms with Crippen LogP contribution in [0.25, 0.3) is 22.3 Å². The number of rotatable bonds is 5. The average Bonchev–Trinajstić information content (AvgIpc) is 2.74. The van der Waals surface area contributed by atoms with Gasteiger partial charge >= 0.3 is 0 Å². The molecule has 3 aromatic carbocycles. The number of fused-ring (bicyclic) bond motifs is 1. The fourth-order valence-electron chi connectivity index (χ4n) is 2.79. The van der Waals surface area contributed by atoms with Crippen LogP contribution in [0, 0.1) is 0 Å². The second-order valence-corrected chi connectivity index (χ2v) is 5.87. The molecule has 0 bridgehead atoms. The van der Waals surface area contributed by atoms with Crippen LogP contribution in [0.4, 0.5) is 0 Å². The second kappa shape index (κ2) is 7.25. The van der Waals surface area contributed by atoms with Gasteiger partial charge in [-0.05, 0) is 30.3 Å². The van der Waals surface area contributed by atoms with Gasteiger partial charge in [0.15, 0.2) is 17.3 Å². The lowest BCUT2D eigenvalue weighted by molar-refractivity contribution is 0.112. The minimum Gasteiger partial charge on any atom is -0.493 e. The molecule has 0 saturated heterocycles. The van der Waals surface area contributed by atoms with Crippen molar-refractivity contribution in [3.8, 4) is 28.8 Å². The van der Waals surface area contributed by atoms with E-state index in [0.717, 1.165) is 22.8 Å². The quantitative estimate of drug-likeness (QED) is 0.476. The van der Waals surface area contributed by atoms with Crippen LogP contribution in [0.5, 0.6) is 17.4 Å². The number of hydrogen-bond donors (Lipinski definition) is 0. The SMILES string of the molecule is COc1cc(C=O)ccc1Oc1nc(-c2ccccc2)nc2ccccc12. The maximum Gasteiger partial charge on any atom is 0.230 e. The maximum atomic E-state index is 11.0. The van der Waals surface area contributed by atoms with Crippen LogP contribution in [0.2, 0.25) is 0 Å². The van der Waals surface area contributed by atoms with Gasteiger partial charge in [-0.1, -0.05) is 42.5 Å². The Balaban J connectivity index is 1.85. The third-order valence-electron chi connectivity index (χ3n) is 4.13. The van der Waals surface area contributed by atoms with Gasteiger partial charge in [-0.2, -0.15) is 4.98 Å². The molecule has 0 saturated carbocycles. The van der Waals surface area contributed by atoms with Crippen molar-refractivity contribution >= 4 is 17.2 Å². The van der Waals surface area contributed by atoms with E-state index < -0.39 is 0 Å². The molecule has 0 N–H and O–H groups in total. The normalized spacial score (nSPS) is 10.6. The molecule has 4 rings (SSSR count). The number of carbonyl (C=O) groups is 1. The van der Waals surface area contributed by atoms with Gasteiger partial charge in [0.05, 0.1) is 18.0 Å². The van der Waals surface area contributed by atoms with Gasteiger partial charge in [0.1, 0.15) is 6.29 Å². The zero-order valence-corrected chi connectivity index (χ0v) is 14.6. The first-order valence-corrected chi connectivity index (χ1v) is 8.42. The van der Waals surface area contributed by atoms with Gasteiger partial charge in [0.25, 0.3) is 0 Å². The molecule has 0 radical (unpaired) electrons. The van der Waals surface area contributed by atoms with Crippen LogP contribution >= 0.6 is 0 Å². The summed E-state index contributed by atoms with van der Waals surface area (Å²) in [5, 5.41) is 0.790. The molecule has 132 valence electrons. The van der Waals surface area contributed by atoms with E-state index in [2.05, 4.69) is 9.97 Å². The lowest BCUT2D eigenvalue weighted by atomic mass is 10.2. The van der Waals surface area contributed by atoms with E-state index in [4.69, 9.17) is 9.47 Å². The molecule has 5 nitrogen and oxygen atoms in total. The molecule has 1 aromatic heterocycles. The van der Waals surface area contributed by atoms with E-state index in [0.29, 0.717) is 28.8 Å². The smallest absolute Gasteiger partial charge is 0.230 e. The average molecular weight is 356 g/mol. The monoisotopic (exact) mass is 356 g/mol. The van der Waals surface area contributed by atoms with E-state index in [1.807, 2.05) is 54.6 Å². The molecule has 0 aliphatic heterocycles. The largest absolute Gasteiger partial charge is 0.493 e. The van der Waals surface area contributed by atoms with Crippen molar-refractivity contribution in [3.63, 3.8) is 0 Å². The Hall–Kier alpha value is -3.73. The molecular weight excluding hydrogens is 340 g/mol. The molecule has 0 fully saturated rings. The number of methoxy groups -OCH3 is 1. The van der Waals surface area contributed by atoms with Gasteiger partial charge in [0.2, 0.25) is 5.88 Å². The summed E-state index contributed by atoms with van der Waals surface area (Å²) in [5.74, 6) is 1.94. The van der Waals surface area contributed by atoms with Gasteiger partial charge in [-0.25, -0.2) is 4.98 Å². The number of aromatic nitrogens is 2. The number of para-hydroxylation sites is 1. The van der Waals surface area contributed by atoms with Crippen molar-refractivity contribution in [1.82, 2.24) is 9.97 Å². The molecule has 0 atom stereocenters. The standard InChI is InChI=1S/C22H16N2O3/c1-26-20-13-15(14-25)11-12-19(20)27-22-17-9-5-6-10-18(17)23-21(24-22)16-7-3-2-4-8-16/h2-14H,1H3. The highest BCUT2D eigenvalue weighted by Gasteiger charge is 2.14. The summed E-state index contributed by atoms with van der Waals surface area (Å²) < 4.78 is 11.4. The number of nitrogens with zero attached hydrogens (tertiary/aromatic N) is 2. The third-order valence-corrected chi connectivity index (χ3v) is 4.13.